The fraction of sp³-hybridized carbons (Fsp3) is 0.150. The molecule has 0 amide bonds. The Labute approximate surface area is 163 Å². The lowest BCUT2D eigenvalue weighted by molar-refractivity contribution is 0.0245. The summed E-state index contributed by atoms with van der Waals surface area (Å²) in [5, 5.41) is 9.10. The molecule has 0 aliphatic carbocycles. The van der Waals surface area contributed by atoms with Crippen molar-refractivity contribution in [3.05, 3.63) is 70.5 Å². The lowest BCUT2D eigenvalue weighted by Crippen LogP contribution is -2.09. The third kappa shape index (κ3) is 3.36. The first kappa shape index (κ1) is 18.2. The zero-order valence-electron chi connectivity index (χ0n) is 14.9. The van der Waals surface area contributed by atoms with Crippen LogP contribution in [-0.4, -0.2) is 16.2 Å². The van der Waals surface area contributed by atoms with Gasteiger partial charge in [-0.05, 0) is 56.3 Å². The van der Waals surface area contributed by atoms with Crippen molar-refractivity contribution in [3.63, 3.8) is 0 Å². The topological polar surface area (TPSA) is 78.4 Å². The number of hydrogen-bond acceptors (Lipinski definition) is 6. The molecule has 2 aromatic carbocycles. The van der Waals surface area contributed by atoms with Crippen molar-refractivity contribution in [2.45, 2.75) is 20.0 Å². The van der Waals surface area contributed by atoms with Gasteiger partial charge in [0.1, 0.15) is 11.4 Å². The van der Waals surface area contributed by atoms with E-state index < -0.39 is 12.1 Å². The molecular formula is C20H14ClFN2O4. The number of furan rings is 1. The van der Waals surface area contributed by atoms with E-state index in [-0.39, 0.29) is 23.4 Å². The van der Waals surface area contributed by atoms with E-state index in [0.717, 1.165) is 5.39 Å². The van der Waals surface area contributed by atoms with E-state index in [1.807, 2.05) is 0 Å². The Morgan fingerprint density at radius 1 is 1.14 bits per heavy atom. The second-order valence-corrected chi connectivity index (χ2v) is 6.63. The first-order chi connectivity index (χ1) is 13.4. The van der Waals surface area contributed by atoms with Crippen LogP contribution in [0.4, 0.5) is 4.39 Å². The second-order valence-electron chi connectivity index (χ2n) is 6.20. The van der Waals surface area contributed by atoms with Crippen molar-refractivity contribution >= 4 is 28.5 Å². The monoisotopic (exact) mass is 400 g/mol. The summed E-state index contributed by atoms with van der Waals surface area (Å²) in [5.74, 6) is -0.619. The molecule has 4 rings (SSSR count). The zero-order valence-corrected chi connectivity index (χ0v) is 15.7. The van der Waals surface area contributed by atoms with Crippen LogP contribution in [-0.2, 0) is 4.74 Å². The molecule has 0 unspecified atom stereocenters. The molecule has 6 nitrogen and oxygen atoms in total. The van der Waals surface area contributed by atoms with E-state index in [4.69, 9.17) is 25.2 Å². The molecule has 2 aromatic heterocycles. The summed E-state index contributed by atoms with van der Waals surface area (Å²) in [6, 6.07) is 10.7. The van der Waals surface area contributed by atoms with Gasteiger partial charge in [0.15, 0.2) is 6.10 Å². The fourth-order valence-corrected chi connectivity index (χ4v) is 2.93. The number of aromatic nitrogens is 2. The number of hydrogen-bond donors (Lipinski definition) is 0. The molecule has 0 radical (unpaired) electrons. The highest BCUT2D eigenvalue weighted by Gasteiger charge is 2.24. The highest BCUT2D eigenvalue weighted by molar-refractivity contribution is 6.31. The summed E-state index contributed by atoms with van der Waals surface area (Å²) in [4.78, 5) is 12.5. The average Bonchev–Trinajstić information content (AvgIpc) is 3.28. The largest absolute Gasteiger partial charge is 0.449 e. The molecule has 0 fully saturated rings. The maximum atomic E-state index is 13.0. The van der Waals surface area contributed by atoms with Crippen LogP contribution in [0.1, 0.15) is 35.0 Å². The van der Waals surface area contributed by atoms with Gasteiger partial charge in [0.2, 0.25) is 11.7 Å². The van der Waals surface area contributed by atoms with Crippen LogP contribution in [0.3, 0.4) is 0 Å². The average molecular weight is 401 g/mol. The van der Waals surface area contributed by atoms with E-state index in [1.165, 1.54) is 24.3 Å². The molecule has 0 bridgehead atoms. The van der Waals surface area contributed by atoms with Crippen LogP contribution in [0.5, 0.6) is 0 Å². The summed E-state index contributed by atoms with van der Waals surface area (Å²) in [5.41, 5.74) is 1.73. The molecule has 0 aliphatic heterocycles. The van der Waals surface area contributed by atoms with E-state index in [1.54, 1.807) is 32.0 Å². The zero-order chi connectivity index (χ0) is 19.8. The van der Waals surface area contributed by atoms with Gasteiger partial charge < -0.3 is 13.6 Å². The van der Waals surface area contributed by atoms with Gasteiger partial charge >= 0.3 is 5.97 Å². The molecule has 0 saturated carbocycles. The van der Waals surface area contributed by atoms with Crippen molar-refractivity contribution in [2.24, 2.45) is 0 Å². The Hall–Kier alpha value is -3.19. The number of aryl methyl sites for hydroxylation is 1. The van der Waals surface area contributed by atoms with Gasteiger partial charge in [-0.3, -0.25) is 0 Å². The van der Waals surface area contributed by atoms with Crippen molar-refractivity contribution < 1.29 is 22.8 Å². The standard InChI is InChI=1S/C20H14ClFN2O4/c1-10-15-9-13(21)5-8-16(15)27-17(10)20(25)26-11(2)18-23-24-19(28-18)12-3-6-14(22)7-4-12/h3-9,11H,1-2H3/t11-/m1/s1. The highest BCUT2D eigenvalue weighted by atomic mass is 35.5. The lowest BCUT2D eigenvalue weighted by atomic mass is 10.1. The van der Waals surface area contributed by atoms with E-state index in [0.29, 0.717) is 21.7 Å². The van der Waals surface area contributed by atoms with Crippen LogP contribution in [0.2, 0.25) is 5.02 Å². The molecule has 4 aromatic rings. The smallest absolute Gasteiger partial charge is 0.375 e. The van der Waals surface area contributed by atoms with Crippen molar-refractivity contribution in [2.75, 3.05) is 0 Å². The SMILES string of the molecule is Cc1c(C(=O)O[C@H](C)c2nnc(-c3ccc(F)cc3)o2)oc2ccc(Cl)cc12. The normalized spacial score (nSPS) is 12.3. The quantitative estimate of drug-likeness (QED) is 0.421. The minimum Gasteiger partial charge on any atom is -0.449 e. The Balaban J connectivity index is 1.54. The van der Waals surface area contributed by atoms with Gasteiger partial charge in [0, 0.05) is 21.5 Å². The number of esters is 1. The highest BCUT2D eigenvalue weighted by Crippen LogP contribution is 2.30. The maximum Gasteiger partial charge on any atom is 0.375 e. The lowest BCUT2D eigenvalue weighted by Gasteiger charge is -2.08. The van der Waals surface area contributed by atoms with Gasteiger partial charge in [-0.2, -0.15) is 0 Å². The van der Waals surface area contributed by atoms with Gasteiger partial charge in [-0.1, -0.05) is 11.6 Å². The summed E-state index contributed by atoms with van der Waals surface area (Å²) in [6.45, 7) is 3.36. The number of nitrogens with zero attached hydrogens (tertiary/aromatic N) is 2. The number of halogens is 2. The molecule has 8 heteroatoms. The summed E-state index contributed by atoms with van der Waals surface area (Å²) in [7, 11) is 0. The molecule has 1 atom stereocenters. The first-order valence-electron chi connectivity index (χ1n) is 8.41. The number of fused-ring (bicyclic) bond motifs is 1. The van der Waals surface area contributed by atoms with Crippen LogP contribution in [0, 0.1) is 12.7 Å². The molecule has 0 saturated heterocycles. The Morgan fingerprint density at radius 3 is 2.64 bits per heavy atom. The first-order valence-corrected chi connectivity index (χ1v) is 8.79. The Morgan fingerprint density at radius 2 is 1.89 bits per heavy atom. The van der Waals surface area contributed by atoms with E-state index in [9.17, 15) is 9.18 Å². The molecule has 0 spiro atoms. The predicted molar refractivity (Wildman–Crippen MR) is 99.5 cm³/mol. The van der Waals surface area contributed by atoms with E-state index >= 15 is 0 Å². The molecule has 2 heterocycles. The number of carbonyl (C=O) groups is 1. The second kappa shape index (κ2) is 7.09. The van der Waals surface area contributed by atoms with Gasteiger partial charge in [0.25, 0.3) is 5.89 Å². The molecule has 28 heavy (non-hydrogen) atoms. The molecule has 0 aliphatic rings. The number of rotatable bonds is 4. The molecule has 142 valence electrons. The van der Waals surface area contributed by atoms with Gasteiger partial charge in [0.05, 0.1) is 0 Å². The number of benzene rings is 2. The number of carbonyl (C=O) groups excluding carboxylic acids is 1. The predicted octanol–water partition coefficient (Wildman–Crippen LogP) is 5.50. The summed E-state index contributed by atoms with van der Waals surface area (Å²) < 4.78 is 29.6. The van der Waals surface area contributed by atoms with Crippen LogP contribution >= 0.6 is 11.6 Å². The van der Waals surface area contributed by atoms with Crippen LogP contribution in [0.15, 0.2) is 51.3 Å². The van der Waals surface area contributed by atoms with Crippen LogP contribution in [0.25, 0.3) is 22.4 Å². The number of ether oxygens (including phenoxy) is 1. The van der Waals surface area contributed by atoms with Crippen molar-refractivity contribution in [1.82, 2.24) is 10.2 Å². The maximum absolute atomic E-state index is 13.0. The fourth-order valence-electron chi connectivity index (χ4n) is 2.76. The minimum absolute atomic E-state index is 0.0855. The Kier molecular flexibility index (Phi) is 4.60. The third-order valence-corrected chi connectivity index (χ3v) is 4.48. The summed E-state index contributed by atoms with van der Waals surface area (Å²) >= 11 is 6.00. The molecular weight excluding hydrogens is 387 g/mol. The van der Waals surface area contributed by atoms with Gasteiger partial charge in [-0.25, -0.2) is 9.18 Å². The van der Waals surface area contributed by atoms with Gasteiger partial charge in [-0.15, -0.1) is 10.2 Å². The van der Waals surface area contributed by atoms with Crippen molar-refractivity contribution in [1.29, 1.82) is 0 Å². The third-order valence-electron chi connectivity index (χ3n) is 4.25. The Bertz CT molecular complexity index is 1170. The van der Waals surface area contributed by atoms with E-state index in [2.05, 4.69) is 10.2 Å². The minimum atomic E-state index is -0.801. The van der Waals surface area contributed by atoms with Crippen LogP contribution < -0.4 is 0 Å². The van der Waals surface area contributed by atoms with Crippen molar-refractivity contribution in [3.8, 4) is 11.5 Å². The summed E-state index contributed by atoms with van der Waals surface area (Å²) in [6.07, 6.45) is -0.801. The molecule has 0 N–H and O–H groups in total.